The van der Waals surface area contributed by atoms with Crippen molar-refractivity contribution in [1.29, 1.82) is 0 Å². The zero-order valence-corrected chi connectivity index (χ0v) is 14.0. The maximum atomic E-state index is 11.6. The normalized spacial score (nSPS) is 14.3. The van der Waals surface area contributed by atoms with Gasteiger partial charge in [-0.25, -0.2) is 0 Å². The summed E-state index contributed by atoms with van der Waals surface area (Å²) in [6, 6.07) is 5.72. The molecule has 0 spiro atoms. The molecule has 0 atom stereocenters. The van der Waals surface area contributed by atoms with Crippen LogP contribution in [-0.2, 0) is 4.79 Å². The van der Waals surface area contributed by atoms with Crippen molar-refractivity contribution in [3.05, 3.63) is 29.8 Å². The molecule has 1 aromatic carbocycles. The zero-order valence-electron chi connectivity index (χ0n) is 12.3. The summed E-state index contributed by atoms with van der Waals surface area (Å²) in [7, 11) is 1.59. The summed E-state index contributed by atoms with van der Waals surface area (Å²) in [6.07, 6.45) is 2.01. The number of hydrogen-bond donors (Lipinski definition) is 0. The van der Waals surface area contributed by atoms with E-state index in [-0.39, 0.29) is 18.3 Å². The van der Waals surface area contributed by atoms with Crippen LogP contribution in [0.4, 0.5) is 0 Å². The highest BCUT2D eigenvalue weighted by Gasteiger charge is 2.15. The minimum Gasteiger partial charge on any atom is -0.493 e. The first kappa shape index (κ1) is 16.0. The number of ether oxygens (including phenoxy) is 2. The van der Waals surface area contributed by atoms with Gasteiger partial charge in [-0.3, -0.25) is 4.79 Å². The van der Waals surface area contributed by atoms with Crippen molar-refractivity contribution in [1.82, 2.24) is 0 Å². The first-order valence-electron chi connectivity index (χ1n) is 6.72. The minimum absolute atomic E-state index is 0.0312. The number of carbonyl (C=O) groups excluding carboxylic acids is 1. The maximum absolute atomic E-state index is 11.6. The Morgan fingerprint density at radius 2 is 2.14 bits per heavy atom. The van der Waals surface area contributed by atoms with E-state index in [4.69, 9.17) is 21.7 Å². The molecule has 0 saturated heterocycles. The third kappa shape index (κ3) is 4.08. The molecule has 112 valence electrons. The molecule has 0 bridgehead atoms. The van der Waals surface area contributed by atoms with Crippen molar-refractivity contribution in [2.45, 2.75) is 13.8 Å². The Balaban J connectivity index is 2.15. The Morgan fingerprint density at radius 1 is 1.38 bits per heavy atom. The topological polar surface area (TPSA) is 35.5 Å². The number of allylic oxidation sites excluding steroid dienone is 1. The van der Waals surface area contributed by atoms with E-state index in [9.17, 15) is 4.79 Å². The Kier molecular flexibility index (Phi) is 5.42. The number of ketones is 1. The van der Waals surface area contributed by atoms with Crippen LogP contribution < -0.4 is 9.47 Å². The summed E-state index contributed by atoms with van der Waals surface area (Å²) in [5.41, 5.74) is 1.05. The van der Waals surface area contributed by atoms with E-state index in [0.29, 0.717) is 11.5 Å². The number of methoxy groups -OCH3 is 1. The lowest BCUT2D eigenvalue weighted by Gasteiger charge is -2.13. The number of hydrogen-bond acceptors (Lipinski definition) is 5. The lowest BCUT2D eigenvalue weighted by Crippen LogP contribution is -2.17. The Labute approximate surface area is 134 Å². The fourth-order valence-corrected chi connectivity index (χ4v) is 3.07. The van der Waals surface area contributed by atoms with Gasteiger partial charge in [0.25, 0.3) is 0 Å². The van der Waals surface area contributed by atoms with Crippen LogP contribution in [0.25, 0.3) is 4.91 Å². The summed E-state index contributed by atoms with van der Waals surface area (Å²) < 4.78 is 10.9. The number of Topliss-reactive ketones (excluding diaryl/α,β-unsaturated/α-hetero) is 1. The van der Waals surface area contributed by atoms with Crippen LogP contribution in [0.1, 0.15) is 19.4 Å². The smallest absolute Gasteiger partial charge is 0.172 e. The molecular weight excluding hydrogens is 304 g/mol. The van der Waals surface area contributed by atoms with E-state index < -0.39 is 0 Å². The second-order valence-corrected chi connectivity index (χ2v) is 6.58. The molecule has 0 saturated carbocycles. The average Bonchev–Trinajstić information content (AvgIpc) is 2.91. The van der Waals surface area contributed by atoms with Gasteiger partial charge >= 0.3 is 0 Å². The third-order valence-electron chi connectivity index (χ3n) is 3.12. The van der Waals surface area contributed by atoms with Crippen molar-refractivity contribution >= 4 is 39.5 Å². The van der Waals surface area contributed by atoms with E-state index in [1.54, 1.807) is 18.9 Å². The molecule has 1 aliphatic heterocycles. The van der Waals surface area contributed by atoms with Crippen LogP contribution >= 0.6 is 24.0 Å². The highest BCUT2D eigenvalue weighted by molar-refractivity contribution is 8.10. The molecule has 0 aliphatic carbocycles. The highest BCUT2D eigenvalue weighted by atomic mass is 32.2. The standard InChI is InChI=1S/C16H18O3S2/c1-10(2)13(17)8-19-14-5-4-11(6-15(14)18-3)16-7-12(20)9-21-16/h4-7,10H,8-9H2,1-3H3. The molecular formula is C16H18O3S2. The first-order chi connectivity index (χ1) is 10.0. The summed E-state index contributed by atoms with van der Waals surface area (Å²) >= 11 is 6.91. The predicted molar refractivity (Wildman–Crippen MR) is 91.4 cm³/mol. The number of rotatable bonds is 6. The summed E-state index contributed by atoms with van der Waals surface area (Å²) in [5, 5.41) is 0. The Morgan fingerprint density at radius 3 is 2.71 bits per heavy atom. The first-order valence-corrected chi connectivity index (χ1v) is 8.12. The van der Waals surface area contributed by atoms with Crippen molar-refractivity contribution < 1.29 is 14.3 Å². The van der Waals surface area contributed by atoms with E-state index in [2.05, 4.69) is 0 Å². The Hall–Kier alpha value is -1.33. The molecule has 0 N–H and O–H groups in total. The van der Waals surface area contributed by atoms with Crippen molar-refractivity contribution in [2.24, 2.45) is 5.92 Å². The molecule has 3 nitrogen and oxygen atoms in total. The van der Waals surface area contributed by atoms with Crippen molar-refractivity contribution in [3.8, 4) is 11.5 Å². The molecule has 1 aromatic rings. The molecule has 2 rings (SSSR count). The number of benzene rings is 1. The zero-order chi connectivity index (χ0) is 15.4. The SMILES string of the molecule is COc1cc(C2=CC(=S)CS2)ccc1OCC(=O)C(C)C. The van der Waals surface area contributed by atoms with E-state index >= 15 is 0 Å². The second kappa shape index (κ2) is 7.09. The molecule has 0 amide bonds. The van der Waals surface area contributed by atoms with Gasteiger partial charge in [0.15, 0.2) is 17.3 Å². The predicted octanol–water partition coefficient (Wildman–Crippen LogP) is 3.76. The van der Waals surface area contributed by atoms with Gasteiger partial charge in [0.05, 0.1) is 7.11 Å². The van der Waals surface area contributed by atoms with Crippen molar-refractivity contribution in [3.63, 3.8) is 0 Å². The largest absolute Gasteiger partial charge is 0.493 e. The maximum Gasteiger partial charge on any atom is 0.172 e. The second-order valence-electron chi connectivity index (χ2n) is 5.04. The van der Waals surface area contributed by atoms with Crippen LogP contribution in [0.3, 0.4) is 0 Å². The van der Waals surface area contributed by atoms with Crippen LogP contribution in [0.2, 0.25) is 0 Å². The molecule has 1 aliphatic rings. The van der Waals surface area contributed by atoms with E-state index in [1.165, 1.54) is 0 Å². The van der Waals surface area contributed by atoms with Gasteiger partial charge in [-0.1, -0.05) is 26.1 Å². The van der Waals surface area contributed by atoms with Crippen LogP contribution in [0.5, 0.6) is 11.5 Å². The van der Waals surface area contributed by atoms with Gasteiger partial charge in [-0.15, -0.1) is 11.8 Å². The van der Waals surface area contributed by atoms with Gasteiger partial charge in [-0.2, -0.15) is 0 Å². The summed E-state index contributed by atoms with van der Waals surface area (Å²) in [5.74, 6) is 2.11. The number of carbonyl (C=O) groups is 1. The molecule has 0 aromatic heterocycles. The van der Waals surface area contributed by atoms with Gasteiger partial charge in [-0.05, 0) is 29.8 Å². The van der Waals surface area contributed by atoms with E-state index in [0.717, 1.165) is 21.1 Å². The monoisotopic (exact) mass is 322 g/mol. The summed E-state index contributed by atoms with van der Waals surface area (Å²) in [4.78, 5) is 13.7. The quantitative estimate of drug-likeness (QED) is 0.745. The highest BCUT2D eigenvalue weighted by Crippen LogP contribution is 2.37. The minimum atomic E-state index is -0.0312. The fraction of sp³-hybridized carbons (Fsp3) is 0.375. The molecule has 0 radical (unpaired) electrons. The molecule has 1 heterocycles. The van der Waals surface area contributed by atoms with Crippen LogP contribution in [0.15, 0.2) is 24.3 Å². The summed E-state index contributed by atoms with van der Waals surface area (Å²) in [6.45, 7) is 3.78. The van der Waals surface area contributed by atoms with Crippen LogP contribution in [0, 0.1) is 5.92 Å². The molecule has 5 heteroatoms. The Bertz CT molecular complexity index is 591. The fourth-order valence-electron chi connectivity index (χ4n) is 1.80. The third-order valence-corrected chi connectivity index (χ3v) is 4.69. The number of thioether (sulfide) groups is 1. The lowest BCUT2D eigenvalue weighted by molar-refractivity contribution is -0.123. The van der Waals surface area contributed by atoms with Crippen molar-refractivity contribution in [2.75, 3.05) is 19.5 Å². The van der Waals surface area contributed by atoms with Gasteiger partial charge in [0, 0.05) is 21.4 Å². The van der Waals surface area contributed by atoms with Gasteiger partial charge in [0.1, 0.15) is 6.61 Å². The molecule has 0 unspecified atom stereocenters. The molecule has 0 fully saturated rings. The average molecular weight is 322 g/mol. The number of thiocarbonyl (C=S) groups is 1. The molecule has 21 heavy (non-hydrogen) atoms. The van der Waals surface area contributed by atoms with Gasteiger partial charge in [0.2, 0.25) is 0 Å². The van der Waals surface area contributed by atoms with E-state index in [1.807, 2.05) is 38.1 Å². The van der Waals surface area contributed by atoms with Crippen LogP contribution in [-0.4, -0.2) is 30.1 Å². The lowest BCUT2D eigenvalue weighted by atomic mass is 10.1. The van der Waals surface area contributed by atoms with Gasteiger partial charge < -0.3 is 9.47 Å².